The quantitative estimate of drug-likeness (QED) is 0.306. The zero-order valence-electron chi connectivity index (χ0n) is 19.7. The number of nitrogens with one attached hydrogen (secondary N) is 1. The van der Waals surface area contributed by atoms with E-state index < -0.39 is 0 Å². The summed E-state index contributed by atoms with van der Waals surface area (Å²) in [5.41, 5.74) is 6.61. The van der Waals surface area contributed by atoms with Crippen LogP contribution in [0.25, 0.3) is 11.0 Å². The van der Waals surface area contributed by atoms with Gasteiger partial charge in [0, 0.05) is 25.1 Å². The largest absolute Gasteiger partial charge is 0.352 e. The van der Waals surface area contributed by atoms with Crippen LogP contribution < -0.4 is 5.32 Å². The van der Waals surface area contributed by atoms with Gasteiger partial charge >= 0.3 is 0 Å². The number of carbonyl (C=O) groups excluding carboxylic acids is 1. The summed E-state index contributed by atoms with van der Waals surface area (Å²) < 4.78 is 2.38. The normalized spacial score (nSPS) is 11.1. The fraction of sp³-hybridized carbons (Fsp3) is 0.310. The summed E-state index contributed by atoms with van der Waals surface area (Å²) in [6.45, 7) is 5.68. The van der Waals surface area contributed by atoms with Crippen LogP contribution in [0.5, 0.6) is 0 Å². The lowest BCUT2D eigenvalue weighted by Gasteiger charge is -2.10. The lowest BCUT2D eigenvalue weighted by molar-refractivity contribution is 0.0952. The van der Waals surface area contributed by atoms with E-state index in [-0.39, 0.29) is 5.91 Å². The highest BCUT2D eigenvalue weighted by Crippen LogP contribution is 2.19. The number of amides is 1. The number of carbonyl (C=O) groups is 1. The van der Waals surface area contributed by atoms with Crippen LogP contribution in [0.2, 0.25) is 0 Å². The first kappa shape index (κ1) is 22.8. The van der Waals surface area contributed by atoms with Gasteiger partial charge in [-0.2, -0.15) is 0 Å². The number of nitrogens with zero attached hydrogens (tertiary/aromatic N) is 2. The molecule has 4 heteroatoms. The summed E-state index contributed by atoms with van der Waals surface area (Å²) in [6, 6.07) is 25.0. The number of unbranched alkanes of at least 4 members (excludes halogenated alkanes) is 2. The van der Waals surface area contributed by atoms with E-state index in [1.165, 1.54) is 16.6 Å². The molecule has 1 N–H and O–H groups in total. The van der Waals surface area contributed by atoms with Gasteiger partial charge in [-0.25, -0.2) is 4.98 Å². The molecular weight excluding hydrogens is 406 g/mol. The Morgan fingerprint density at radius 2 is 1.67 bits per heavy atom. The molecule has 1 heterocycles. The Morgan fingerprint density at radius 1 is 0.879 bits per heavy atom. The number of fused-ring (bicyclic) bond motifs is 1. The van der Waals surface area contributed by atoms with Crippen molar-refractivity contribution < 1.29 is 4.79 Å². The van der Waals surface area contributed by atoms with E-state index in [2.05, 4.69) is 70.5 Å². The molecule has 170 valence electrons. The number of benzene rings is 3. The molecule has 0 aliphatic rings. The molecule has 3 aromatic carbocycles. The summed E-state index contributed by atoms with van der Waals surface area (Å²) in [6.07, 6.45) is 5.05. The van der Waals surface area contributed by atoms with Gasteiger partial charge in [0.05, 0.1) is 11.0 Å². The first-order chi connectivity index (χ1) is 16.1. The number of para-hydroxylation sites is 2. The molecule has 33 heavy (non-hydrogen) atoms. The van der Waals surface area contributed by atoms with Crippen molar-refractivity contribution in [2.24, 2.45) is 0 Å². The Labute approximate surface area is 196 Å². The second-order valence-corrected chi connectivity index (χ2v) is 8.79. The van der Waals surface area contributed by atoms with Crippen LogP contribution in [0.3, 0.4) is 0 Å². The average molecular weight is 440 g/mol. The second kappa shape index (κ2) is 11.0. The number of imidazole rings is 1. The molecule has 0 spiro atoms. The van der Waals surface area contributed by atoms with E-state index in [0.717, 1.165) is 61.1 Å². The third-order valence-electron chi connectivity index (χ3n) is 6.19. The number of hydrogen-bond acceptors (Lipinski definition) is 2. The molecule has 0 fully saturated rings. The van der Waals surface area contributed by atoms with Crippen LogP contribution in [0.15, 0.2) is 72.8 Å². The molecule has 0 radical (unpaired) electrons. The lowest BCUT2D eigenvalue weighted by Crippen LogP contribution is -2.25. The highest BCUT2D eigenvalue weighted by molar-refractivity contribution is 5.95. The summed E-state index contributed by atoms with van der Waals surface area (Å²) in [5, 5.41) is 3.07. The maximum Gasteiger partial charge on any atom is 0.251 e. The van der Waals surface area contributed by atoms with Crippen LogP contribution in [0, 0.1) is 13.8 Å². The lowest BCUT2D eigenvalue weighted by atomic mass is 10.1. The highest BCUT2D eigenvalue weighted by Gasteiger charge is 2.11. The third-order valence-corrected chi connectivity index (χ3v) is 6.19. The van der Waals surface area contributed by atoms with E-state index in [0.29, 0.717) is 6.54 Å². The van der Waals surface area contributed by atoms with Crippen molar-refractivity contribution in [2.75, 3.05) is 6.54 Å². The van der Waals surface area contributed by atoms with Crippen molar-refractivity contribution in [1.29, 1.82) is 0 Å². The molecule has 0 saturated heterocycles. The molecule has 4 aromatic rings. The summed E-state index contributed by atoms with van der Waals surface area (Å²) in [5.74, 6) is 1.18. The van der Waals surface area contributed by atoms with Crippen molar-refractivity contribution in [1.82, 2.24) is 14.9 Å². The summed E-state index contributed by atoms with van der Waals surface area (Å²) >= 11 is 0. The van der Waals surface area contributed by atoms with Gasteiger partial charge in [-0.1, -0.05) is 66.6 Å². The fourth-order valence-corrected chi connectivity index (χ4v) is 4.40. The van der Waals surface area contributed by atoms with Gasteiger partial charge in [0.25, 0.3) is 5.91 Å². The topological polar surface area (TPSA) is 46.9 Å². The number of hydrogen-bond donors (Lipinski definition) is 1. The van der Waals surface area contributed by atoms with Crippen LogP contribution in [-0.4, -0.2) is 22.0 Å². The number of aromatic nitrogens is 2. The minimum Gasteiger partial charge on any atom is -0.352 e. The zero-order valence-corrected chi connectivity index (χ0v) is 19.7. The molecule has 0 atom stereocenters. The van der Waals surface area contributed by atoms with E-state index in [1.807, 2.05) is 26.0 Å². The van der Waals surface area contributed by atoms with Crippen molar-refractivity contribution in [3.63, 3.8) is 0 Å². The van der Waals surface area contributed by atoms with E-state index in [9.17, 15) is 4.79 Å². The SMILES string of the molecule is Cc1ccc(C(=O)NCCCCCc2nc3ccccc3n2CCc2ccccc2)c(C)c1. The van der Waals surface area contributed by atoms with Crippen molar-refractivity contribution in [3.8, 4) is 0 Å². The smallest absolute Gasteiger partial charge is 0.251 e. The molecule has 0 bridgehead atoms. The summed E-state index contributed by atoms with van der Waals surface area (Å²) in [4.78, 5) is 17.4. The minimum atomic E-state index is 0.0233. The predicted octanol–water partition coefficient (Wildman–Crippen LogP) is 6.04. The van der Waals surface area contributed by atoms with Crippen LogP contribution >= 0.6 is 0 Å². The Balaban J connectivity index is 1.28. The molecule has 0 unspecified atom stereocenters. The van der Waals surface area contributed by atoms with E-state index in [1.54, 1.807) is 0 Å². The highest BCUT2D eigenvalue weighted by atomic mass is 16.1. The van der Waals surface area contributed by atoms with Crippen molar-refractivity contribution in [2.45, 2.75) is 52.5 Å². The number of aryl methyl sites for hydroxylation is 5. The Hall–Kier alpha value is -3.40. The molecule has 4 rings (SSSR count). The van der Waals surface area contributed by atoms with Crippen molar-refractivity contribution in [3.05, 3.63) is 101 Å². The van der Waals surface area contributed by atoms with Gasteiger partial charge in [0.1, 0.15) is 5.82 Å². The standard InChI is InChI=1S/C29H33N3O/c1-22-16-17-25(23(2)21-22)29(33)30-19-10-4-7-15-28-31-26-13-8-9-14-27(26)32(28)20-18-24-11-5-3-6-12-24/h3,5-6,8-9,11-14,16-17,21H,4,7,10,15,18-20H2,1-2H3,(H,30,33). The van der Waals surface area contributed by atoms with Crippen molar-refractivity contribution >= 4 is 16.9 Å². The third kappa shape index (κ3) is 5.89. The van der Waals surface area contributed by atoms with Gasteiger partial charge in [-0.3, -0.25) is 4.79 Å². The number of rotatable bonds is 10. The molecule has 0 aliphatic carbocycles. The van der Waals surface area contributed by atoms with Gasteiger partial charge in [-0.05, 0) is 62.4 Å². The van der Waals surface area contributed by atoms with E-state index >= 15 is 0 Å². The Kier molecular flexibility index (Phi) is 7.56. The molecule has 0 saturated carbocycles. The minimum absolute atomic E-state index is 0.0233. The maximum absolute atomic E-state index is 12.4. The van der Waals surface area contributed by atoms with Gasteiger partial charge in [0.2, 0.25) is 0 Å². The average Bonchev–Trinajstić information content (AvgIpc) is 3.17. The summed E-state index contributed by atoms with van der Waals surface area (Å²) in [7, 11) is 0. The zero-order chi connectivity index (χ0) is 23.0. The predicted molar refractivity (Wildman–Crippen MR) is 136 cm³/mol. The van der Waals surface area contributed by atoms with Crippen LogP contribution in [0.1, 0.15) is 52.1 Å². The molecule has 1 amide bonds. The first-order valence-electron chi connectivity index (χ1n) is 12.0. The van der Waals surface area contributed by atoms with Crippen LogP contribution in [-0.2, 0) is 19.4 Å². The molecule has 1 aromatic heterocycles. The maximum atomic E-state index is 12.4. The fourth-order valence-electron chi connectivity index (χ4n) is 4.40. The van der Waals surface area contributed by atoms with E-state index in [4.69, 9.17) is 4.98 Å². The molecule has 4 nitrogen and oxygen atoms in total. The van der Waals surface area contributed by atoms with Crippen LogP contribution in [0.4, 0.5) is 0 Å². The monoisotopic (exact) mass is 439 g/mol. The van der Waals surface area contributed by atoms with Gasteiger partial charge < -0.3 is 9.88 Å². The Bertz CT molecular complexity index is 1210. The molecular formula is C29H33N3O. The van der Waals surface area contributed by atoms with Gasteiger partial charge in [-0.15, -0.1) is 0 Å². The van der Waals surface area contributed by atoms with Gasteiger partial charge in [0.15, 0.2) is 0 Å². The molecule has 0 aliphatic heterocycles. The second-order valence-electron chi connectivity index (χ2n) is 8.79. The Morgan fingerprint density at radius 3 is 2.48 bits per heavy atom. The first-order valence-corrected chi connectivity index (χ1v) is 12.0.